The maximum atomic E-state index is 12.9. The third-order valence-electron chi connectivity index (χ3n) is 4.25. The summed E-state index contributed by atoms with van der Waals surface area (Å²) >= 11 is 1.48. The van der Waals surface area contributed by atoms with Gasteiger partial charge in [0.2, 0.25) is 0 Å². The van der Waals surface area contributed by atoms with Crippen molar-refractivity contribution in [2.24, 2.45) is 0 Å². The third kappa shape index (κ3) is 2.04. The molecule has 5 aromatic rings. The van der Waals surface area contributed by atoms with Gasteiger partial charge in [-0.1, -0.05) is 48.5 Å². The summed E-state index contributed by atoms with van der Waals surface area (Å²) in [6, 6.07) is 18.9. The Balaban J connectivity index is 1.94. The van der Waals surface area contributed by atoms with Gasteiger partial charge in [-0.05, 0) is 17.7 Å². The fourth-order valence-corrected chi connectivity index (χ4v) is 4.07. The number of fused-ring (bicyclic) bond motifs is 4. The van der Waals surface area contributed by atoms with Crippen LogP contribution in [0.1, 0.15) is 0 Å². The van der Waals surface area contributed by atoms with Crippen LogP contribution >= 0.6 is 11.3 Å². The van der Waals surface area contributed by atoms with E-state index in [1.807, 2.05) is 48.5 Å². The van der Waals surface area contributed by atoms with Crippen LogP contribution in [-0.2, 0) is 0 Å². The number of rotatable bonds is 1. The van der Waals surface area contributed by atoms with Crippen LogP contribution in [0.25, 0.3) is 37.1 Å². The monoisotopic (exact) mass is 345 g/mol. The molecule has 2 aromatic carbocycles. The smallest absolute Gasteiger partial charge is 0.267 e. The van der Waals surface area contributed by atoms with Gasteiger partial charge in [0.1, 0.15) is 4.83 Å². The Morgan fingerprint density at radius 3 is 2.40 bits per heavy atom. The number of hydrogen-bond acceptors (Lipinski definition) is 4. The number of benzene rings is 2. The SMILES string of the molecule is O=c1[nH]n2c(=O)c3cc(-c4ccccc4)sc3nc2c2ccccc12. The standard InChI is InChI=1S/C19H11N3O2S/c23-17-13-9-5-4-8-12(13)16-20-18-14(19(24)22(16)21-17)10-15(25-18)11-6-2-1-3-7-11/h1-10H,(H,21,23). The van der Waals surface area contributed by atoms with Crippen molar-refractivity contribution in [3.8, 4) is 10.4 Å². The van der Waals surface area contributed by atoms with E-state index < -0.39 is 0 Å². The minimum atomic E-state index is -0.301. The molecule has 0 aliphatic rings. The Kier molecular flexibility index (Phi) is 2.89. The summed E-state index contributed by atoms with van der Waals surface area (Å²) in [7, 11) is 0. The molecule has 1 N–H and O–H groups in total. The first-order valence-corrected chi connectivity index (χ1v) is 8.57. The lowest BCUT2D eigenvalue weighted by Gasteiger charge is -2.04. The average molecular weight is 345 g/mol. The molecule has 25 heavy (non-hydrogen) atoms. The fraction of sp³-hybridized carbons (Fsp3) is 0. The molecule has 0 saturated carbocycles. The predicted molar refractivity (Wildman–Crippen MR) is 100 cm³/mol. The van der Waals surface area contributed by atoms with Gasteiger partial charge in [-0.15, -0.1) is 11.3 Å². The van der Waals surface area contributed by atoms with Crippen LogP contribution in [-0.4, -0.2) is 14.6 Å². The third-order valence-corrected chi connectivity index (χ3v) is 5.33. The van der Waals surface area contributed by atoms with Crippen LogP contribution < -0.4 is 11.1 Å². The molecule has 3 heterocycles. The fourth-order valence-electron chi connectivity index (χ4n) is 3.05. The topological polar surface area (TPSA) is 67.2 Å². The van der Waals surface area contributed by atoms with Crippen LogP contribution in [0.3, 0.4) is 0 Å². The molecule has 0 atom stereocenters. The lowest BCUT2D eigenvalue weighted by atomic mass is 10.2. The summed E-state index contributed by atoms with van der Waals surface area (Å²) < 4.78 is 1.24. The van der Waals surface area contributed by atoms with Crippen molar-refractivity contribution in [2.45, 2.75) is 0 Å². The molecule has 3 aromatic heterocycles. The molecular formula is C19H11N3O2S. The van der Waals surface area contributed by atoms with E-state index in [0.717, 1.165) is 10.4 Å². The summed E-state index contributed by atoms with van der Waals surface area (Å²) in [6.07, 6.45) is 0. The Morgan fingerprint density at radius 1 is 0.880 bits per heavy atom. The van der Waals surface area contributed by atoms with Crippen molar-refractivity contribution in [2.75, 3.05) is 0 Å². The van der Waals surface area contributed by atoms with Crippen LogP contribution in [0.2, 0.25) is 0 Å². The lowest BCUT2D eigenvalue weighted by molar-refractivity contribution is 0.870. The number of aromatic nitrogens is 3. The second-order valence-corrected chi connectivity index (χ2v) is 6.79. The van der Waals surface area contributed by atoms with Gasteiger partial charge in [-0.25, -0.2) is 4.98 Å². The van der Waals surface area contributed by atoms with Gasteiger partial charge in [0.15, 0.2) is 5.65 Å². The van der Waals surface area contributed by atoms with Crippen LogP contribution in [0.15, 0.2) is 70.3 Å². The van der Waals surface area contributed by atoms with Gasteiger partial charge >= 0.3 is 0 Å². The quantitative estimate of drug-likeness (QED) is 0.473. The Morgan fingerprint density at radius 2 is 1.60 bits per heavy atom. The van der Waals surface area contributed by atoms with Gasteiger partial charge in [-0.2, -0.15) is 4.52 Å². The van der Waals surface area contributed by atoms with E-state index in [2.05, 4.69) is 10.1 Å². The van der Waals surface area contributed by atoms with E-state index in [-0.39, 0.29) is 11.1 Å². The highest BCUT2D eigenvalue weighted by Gasteiger charge is 2.14. The molecule has 0 aliphatic carbocycles. The zero-order valence-electron chi connectivity index (χ0n) is 12.9. The predicted octanol–water partition coefficient (Wildman–Crippen LogP) is 3.42. The van der Waals surface area contributed by atoms with E-state index in [4.69, 9.17) is 0 Å². The van der Waals surface area contributed by atoms with Crippen molar-refractivity contribution >= 4 is 38.0 Å². The number of hydrogen-bond donors (Lipinski definition) is 1. The summed E-state index contributed by atoms with van der Waals surface area (Å²) in [6.45, 7) is 0. The first-order valence-electron chi connectivity index (χ1n) is 7.75. The van der Waals surface area contributed by atoms with Gasteiger partial charge in [0.25, 0.3) is 11.1 Å². The molecule has 0 fully saturated rings. The van der Waals surface area contributed by atoms with E-state index in [1.54, 1.807) is 12.1 Å². The van der Waals surface area contributed by atoms with E-state index in [9.17, 15) is 9.59 Å². The van der Waals surface area contributed by atoms with Crippen LogP contribution in [0, 0.1) is 0 Å². The second-order valence-electron chi connectivity index (χ2n) is 5.76. The van der Waals surface area contributed by atoms with Crippen molar-refractivity contribution in [3.63, 3.8) is 0 Å². The van der Waals surface area contributed by atoms with Crippen molar-refractivity contribution in [1.29, 1.82) is 0 Å². The minimum absolute atomic E-state index is 0.263. The van der Waals surface area contributed by atoms with Crippen LogP contribution in [0.5, 0.6) is 0 Å². The molecule has 0 amide bonds. The highest BCUT2D eigenvalue weighted by molar-refractivity contribution is 7.21. The van der Waals surface area contributed by atoms with Gasteiger partial charge in [0.05, 0.1) is 10.8 Å². The minimum Gasteiger partial charge on any atom is -0.267 e. The molecule has 0 unspecified atom stereocenters. The number of nitrogens with zero attached hydrogens (tertiary/aromatic N) is 2. The Bertz CT molecular complexity index is 1380. The molecule has 5 rings (SSSR count). The average Bonchev–Trinajstić information content (AvgIpc) is 3.09. The van der Waals surface area contributed by atoms with Crippen molar-refractivity contribution in [3.05, 3.63) is 81.4 Å². The zero-order valence-corrected chi connectivity index (χ0v) is 13.7. The Hall–Kier alpha value is -3.25. The Labute approximate surface area is 144 Å². The highest BCUT2D eigenvalue weighted by atomic mass is 32.1. The largest absolute Gasteiger partial charge is 0.281 e. The normalized spacial score (nSPS) is 11.5. The maximum absolute atomic E-state index is 12.9. The second kappa shape index (κ2) is 5.12. The highest BCUT2D eigenvalue weighted by Crippen LogP contribution is 2.31. The maximum Gasteiger partial charge on any atom is 0.281 e. The number of aromatic amines is 1. The molecule has 0 radical (unpaired) electrons. The van der Waals surface area contributed by atoms with Gasteiger partial charge in [0, 0.05) is 10.3 Å². The van der Waals surface area contributed by atoms with Crippen molar-refractivity contribution < 1.29 is 0 Å². The van der Waals surface area contributed by atoms with Crippen molar-refractivity contribution in [1.82, 2.24) is 14.6 Å². The van der Waals surface area contributed by atoms with E-state index in [1.165, 1.54) is 15.9 Å². The van der Waals surface area contributed by atoms with Gasteiger partial charge < -0.3 is 0 Å². The molecular weight excluding hydrogens is 334 g/mol. The molecule has 0 aliphatic heterocycles. The number of H-pyrrole nitrogens is 1. The molecule has 0 bridgehead atoms. The molecule has 0 saturated heterocycles. The number of nitrogens with one attached hydrogen (secondary N) is 1. The summed E-state index contributed by atoms with van der Waals surface area (Å²) in [5.41, 5.74) is 0.942. The van der Waals surface area contributed by atoms with E-state index >= 15 is 0 Å². The van der Waals surface area contributed by atoms with E-state index in [0.29, 0.717) is 26.6 Å². The molecule has 5 nitrogen and oxygen atoms in total. The summed E-state index contributed by atoms with van der Waals surface area (Å²) in [4.78, 5) is 31.5. The molecule has 120 valence electrons. The van der Waals surface area contributed by atoms with Crippen LogP contribution in [0.4, 0.5) is 0 Å². The first-order chi connectivity index (χ1) is 12.2. The van der Waals surface area contributed by atoms with Gasteiger partial charge in [-0.3, -0.25) is 14.7 Å². The molecule has 6 heteroatoms. The lowest BCUT2D eigenvalue weighted by Crippen LogP contribution is -2.23. The summed E-state index contributed by atoms with van der Waals surface area (Å²) in [5, 5.41) is 4.33. The molecule has 0 spiro atoms. The first kappa shape index (κ1) is 14.1. The summed E-state index contributed by atoms with van der Waals surface area (Å²) in [5.74, 6) is 0. The zero-order chi connectivity index (χ0) is 17.0. The number of thiophene rings is 1.